The van der Waals surface area contributed by atoms with Crippen LogP contribution in [-0.4, -0.2) is 23.0 Å². The fourth-order valence-electron chi connectivity index (χ4n) is 3.49. The number of nitrogens with one attached hydrogen (secondary N) is 1. The fourth-order valence-corrected chi connectivity index (χ4v) is 3.49. The van der Waals surface area contributed by atoms with Crippen molar-refractivity contribution >= 4 is 11.5 Å². The first kappa shape index (κ1) is 7.85. The van der Waals surface area contributed by atoms with E-state index in [2.05, 4.69) is 16.9 Å². The van der Waals surface area contributed by atoms with Gasteiger partial charge in [0.2, 0.25) is 0 Å². The van der Waals surface area contributed by atoms with Crippen LogP contribution >= 0.6 is 0 Å². The van der Waals surface area contributed by atoms with Crippen molar-refractivity contribution in [2.75, 3.05) is 6.54 Å². The van der Waals surface area contributed by atoms with Gasteiger partial charge in [0.05, 0.1) is 12.1 Å². The molecule has 2 unspecified atom stereocenters. The minimum Gasteiger partial charge on any atom is -0.358 e. The molecule has 0 bridgehead atoms. The highest BCUT2D eigenvalue weighted by Crippen LogP contribution is 2.62. The zero-order valence-corrected chi connectivity index (χ0v) is 8.63. The third kappa shape index (κ3) is 0.684. The smallest absolute Gasteiger partial charge is 0.184 e. The molecule has 0 radical (unpaired) electrons. The van der Waals surface area contributed by atoms with Crippen molar-refractivity contribution in [2.24, 2.45) is 10.9 Å². The van der Waals surface area contributed by atoms with E-state index in [0.717, 1.165) is 18.0 Å². The average molecular weight is 200 g/mol. The van der Waals surface area contributed by atoms with Crippen LogP contribution in [0, 0.1) is 12.8 Å². The summed E-state index contributed by atoms with van der Waals surface area (Å²) in [7, 11) is 0. The van der Waals surface area contributed by atoms with Gasteiger partial charge in [-0.3, -0.25) is 9.79 Å². The van der Waals surface area contributed by atoms with Gasteiger partial charge in [0.15, 0.2) is 5.78 Å². The number of aromatic amines is 1. The molecule has 3 nitrogen and oxygen atoms in total. The van der Waals surface area contributed by atoms with Gasteiger partial charge in [-0.2, -0.15) is 0 Å². The quantitative estimate of drug-likeness (QED) is 0.679. The molecule has 4 rings (SSSR count). The predicted molar refractivity (Wildman–Crippen MR) is 56.6 cm³/mol. The van der Waals surface area contributed by atoms with E-state index in [0.29, 0.717) is 12.3 Å². The van der Waals surface area contributed by atoms with Gasteiger partial charge in [0.1, 0.15) is 0 Å². The fraction of sp³-hybridized carbons (Fsp3) is 0.500. The molecule has 3 heteroatoms. The molecule has 2 heterocycles. The van der Waals surface area contributed by atoms with Crippen LogP contribution in [0.1, 0.15) is 34.5 Å². The van der Waals surface area contributed by atoms with E-state index in [1.165, 1.54) is 17.5 Å². The number of aryl methyl sites for hydroxylation is 1. The van der Waals surface area contributed by atoms with Crippen molar-refractivity contribution in [2.45, 2.75) is 25.2 Å². The number of hydrogen-bond acceptors (Lipinski definition) is 2. The van der Waals surface area contributed by atoms with Gasteiger partial charge in [0, 0.05) is 23.9 Å². The topological polar surface area (TPSA) is 45.2 Å². The molecular weight excluding hydrogens is 188 g/mol. The number of aromatic nitrogens is 1. The van der Waals surface area contributed by atoms with E-state index in [4.69, 9.17) is 0 Å². The van der Waals surface area contributed by atoms with Crippen LogP contribution < -0.4 is 0 Å². The largest absolute Gasteiger partial charge is 0.358 e. The molecule has 2 atom stereocenters. The van der Waals surface area contributed by atoms with Gasteiger partial charge in [-0.05, 0) is 30.4 Å². The monoisotopic (exact) mass is 200 g/mol. The summed E-state index contributed by atoms with van der Waals surface area (Å²) in [4.78, 5) is 19.6. The number of carbonyl (C=O) groups excluding carboxylic acids is 1. The molecule has 15 heavy (non-hydrogen) atoms. The zero-order chi connectivity index (χ0) is 10.2. The molecular formula is C12H12N2O. The Morgan fingerprint density at radius 3 is 3.27 bits per heavy atom. The summed E-state index contributed by atoms with van der Waals surface area (Å²) < 4.78 is 0. The number of H-pyrrole nitrogens is 1. The Hall–Kier alpha value is -1.38. The minimum absolute atomic E-state index is 0.188. The number of Topliss-reactive ketones (excluding diaryl/α,β-unsaturated/α-hetero) is 1. The number of carbonyl (C=O) groups is 1. The zero-order valence-electron chi connectivity index (χ0n) is 8.63. The van der Waals surface area contributed by atoms with Crippen molar-refractivity contribution < 1.29 is 4.79 Å². The van der Waals surface area contributed by atoms with Gasteiger partial charge < -0.3 is 4.98 Å². The molecule has 1 N–H and O–H groups in total. The minimum atomic E-state index is 0.188. The summed E-state index contributed by atoms with van der Waals surface area (Å²) in [5, 5.41) is 0. The second kappa shape index (κ2) is 2.08. The Balaban J connectivity index is 2.06. The molecule has 76 valence electrons. The number of aliphatic imine (C=N–C) groups is 1. The number of hydrogen-bond donors (Lipinski definition) is 1. The van der Waals surface area contributed by atoms with E-state index in [9.17, 15) is 4.79 Å². The Morgan fingerprint density at radius 1 is 1.60 bits per heavy atom. The highest BCUT2D eigenvalue weighted by Gasteiger charge is 2.65. The molecule has 0 amide bonds. The highest BCUT2D eigenvalue weighted by atomic mass is 16.1. The Kier molecular flexibility index (Phi) is 1.09. The van der Waals surface area contributed by atoms with Crippen molar-refractivity contribution in [1.29, 1.82) is 0 Å². The summed E-state index contributed by atoms with van der Waals surface area (Å²) in [5.74, 6) is 0.906. The van der Waals surface area contributed by atoms with Crippen molar-refractivity contribution in [3.8, 4) is 0 Å². The van der Waals surface area contributed by atoms with Crippen LogP contribution in [0.4, 0.5) is 0 Å². The van der Waals surface area contributed by atoms with E-state index >= 15 is 0 Å². The maximum atomic E-state index is 11.9. The predicted octanol–water partition coefficient (Wildman–Crippen LogP) is 1.62. The second-order valence-electron chi connectivity index (χ2n) is 4.98. The first-order chi connectivity index (χ1) is 7.23. The lowest BCUT2D eigenvalue weighted by atomic mass is 9.79. The van der Waals surface area contributed by atoms with Gasteiger partial charge in [0.25, 0.3) is 0 Å². The number of fused-ring (bicyclic) bond motifs is 1. The molecule has 1 fully saturated rings. The van der Waals surface area contributed by atoms with Crippen LogP contribution in [0.3, 0.4) is 0 Å². The SMILES string of the molecule is Cc1c[nH]c2c1C13CC1CN=C3CC2=O. The first-order valence-electron chi connectivity index (χ1n) is 5.49. The van der Waals surface area contributed by atoms with Gasteiger partial charge in [-0.15, -0.1) is 0 Å². The maximum absolute atomic E-state index is 11.9. The molecule has 0 saturated heterocycles. The summed E-state index contributed by atoms with van der Waals surface area (Å²) in [6.45, 7) is 3.03. The van der Waals surface area contributed by atoms with E-state index in [1.807, 2.05) is 6.20 Å². The maximum Gasteiger partial charge on any atom is 0.184 e. The molecule has 2 aliphatic carbocycles. The number of ketones is 1. The lowest BCUT2D eigenvalue weighted by Crippen LogP contribution is -2.30. The number of rotatable bonds is 0. The second-order valence-corrected chi connectivity index (χ2v) is 4.98. The van der Waals surface area contributed by atoms with Crippen LogP contribution in [0.25, 0.3) is 0 Å². The Labute approximate surface area is 87.6 Å². The standard InChI is InChI=1S/C12H12N2O/c1-6-4-14-11-8(15)2-9-12(10(6)11)3-7(12)5-13-9/h4,7,14H,2-3,5H2,1H3. The lowest BCUT2D eigenvalue weighted by molar-refractivity contribution is 0.0990. The van der Waals surface area contributed by atoms with Crippen molar-refractivity contribution in [3.05, 3.63) is 23.0 Å². The lowest BCUT2D eigenvalue weighted by Gasteiger charge is -2.22. The molecule has 1 saturated carbocycles. The third-order valence-corrected chi connectivity index (χ3v) is 4.25. The molecule has 1 spiro atoms. The molecule has 0 aromatic carbocycles. The average Bonchev–Trinajstić information content (AvgIpc) is 2.61. The highest BCUT2D eigenvalue weighted by molar-refractivity contribution is 6.19. The molecule has 3 aliphatic rings. The van der Waals surface area contributed by atoms with E-state index in [1.54, 1.807) is 0 Å². The van der Waals surface area contributed by atoms with Crippen molar-refractivity contribution in [1.82, 2.24) is 4.98 Å². The Morgan fingerprint density at radius 2 is 2.47 bits per heavy atom. The van der Waals surface area contributed by atoms with Crippen LogP contribution in [0.15, 0.2) is 11.2 Å². The van der Waals surface area contributed by atoms with Crippen LogP contribution in [0.2, 0.25) is 0 Å². The third-order valence-electron chi connectivity index (χ3n) is 4.25. The summed E-state index contributed by atoms with van der Waals surface area (Å²) in [6.07, 6.45) is 3.72. The van der Waals surface area contributed by atoms with Gasteiger partial charge in [-0.1, -0.05) is 0 Å². The summed E-state index contributed by atoms with van der Waals surface area (Å²) in [5.41, 5.74) is 4.70. The van der Waals surface area contributed by atoms with Crippen LogP contribution in [-0.2, 0) is 5.41 Å². The van der Waals surface area contributed by atoms with Crippen molar-refractivity contribution in [3.63, 3.8) is 0 Å². The van der Waals surface area contributed by atoms with Crippen LogP contribution in [0.5, 0.6) is 0 Å². The molecule has 1 aliphatic heterocycles. The molecule has 1 aromatic heterocycles. The summed E-state index contributed by atoms with van der Waals surface area (Å²) >= 11 is 0. The molecule has 1 aromatic rings. The van der Waals surface area contributed by atoms with Gasteiger partial charge in [-0.25, -0.2) is 0 Å². The van der Waals surface area contributed by atoms with Gasteiger partial charge >= 0.3 is 0 Å². The van der Waals surface area contributed by atoms with E-state index in [-0.39, 0.29) is 11.2 Å². The first-order valence-corrected chi connectivity index (χ1v) is 5.49. The summed E-state index contributed by atoms with van der Waals surface area (Å²) in [6, 6.07) is 0. The Bertz CT molecular complexity index is 526. The normalized spacial score (nSPS) is 35.7. The number of nitrogens with zero attached hydrogens (tertiary/aromatic N) is 1. The van der Waals surface area contributed by atoms with E-state index < -0.39 is 0 Å².